The van der Waals surface area contributed by atoms with Gasteiger partial charge in [0.15, 0.2) is 5.41 Å². The Labute approximate surface area is 162 Å². The lowest BCUT2D eigenvalue weighted by Gasteiger charge is -2.25. The Morgan fingerprint density at radius 2 is 1.78 bits per heavy atom. The molecule has 0 radical (unpaired) electrons. The molecular formula is C21H33NO5. The highest BCUT2D eigenvalue weighted by Crippen LogP contribution is 2.49. The predicted molar refractivity (Wildman–Crippen MR) is 103 cm³/mol. The average Bonchev–Trinajstić information content (AvgIpc) is 3.03. The van der Waals surface area contributed by atoms with E-state index < -0.39 is 17.4 Å². The fourth-order valence-electron chi connectivity index (χ4n) is 4.07. The lowest BCUT2D eigenvalue weighted by Crippen LogP contribution is -2.40. The van der Waals surface area contributed by atoms with Crippen LogP contribution in [0.1, 0.15) is 33.1 Å². The number of rotatable bonds is 9. The van der Waals surface area contributed by atoms with Crippen molar-refractivity contribution in [3.8, 4) is 0 Å². The van der Waals surface area contributed by atoms with Gasteiger partial charge in [-0.15, -0.1) is 6.58 Å². The van der Waals surface area contributed by atoms with Crippen LogP contribution in [0.15, 0.2) is 24.8 Å². The van der Waals surface area contributed by atoms with Gasteiger partial charge in [-0.25, -0.2) is 0 Å². The van der Waals surface area contributed by atoms with E-state index in [1.54, 1.807) is 13.8 Å². The first-order valence-corrected chi connectivity index (χ1v) is 9.99. The predicted octanol–water partition coefficient (Wildman–Crippen LogP) is 2.59. The number of hydrogen-bond donors (Lipinski definition) is 0. The number of esters is 2. The Bertz CT molecular complexity index is 521. The fourth-order valence-corrected chi connectivity index (χ4v) is 4.07. The third-order valence-corrected chi connectivity index (χ3v) is 5.45. The van der Waals surface area contributed by atoms with E-state index in [1.165, 1.54) is 0 Å². The Balaban J connectivity index is 2.13. The standard InChI is InChI=1S/C21H33NO5/c1-4-8-17-15-21(19(23)26-5-2,20(24)27-6-3)16-18(17)9-7-10-22-11-13-25-14-12-22/h4,7,9,17-18H,1,5-6,8,10-16H2,2-3H3/b9-7+. The van der Waals surface area contributed by atoms with Gasteiger partial charge in [0.2, 0.25) is 0 Å². The molecule has 1 aliphatic carbocycles. The highest BCUT2D eigenvalue weighted by Gasteiger charge is 2.56. The fraction of sp³-hybridized carbons (Fsp3) is 0.714. The summed E-state index contributed by atoms with van der Waals surface area (Å²) < 4.78 is 15.9. The third-order valence-electron chi connectivity index (χ3n) is 5.45. The first-order chi connectivity index (χ1) is 13.1. The highest BCUT2D eigenvalue weighted by atomic mass is 16.6. The summed E-state index contributed by atoms with van der Waals surface area (Å²) in [7, 11) is 0. The SMILES string of the molecule is C=CCC1CC(C(=O)OCC)(C(=O)OCC)CC1/C=C/CN1CCOCC1. The zero-order valence-electron chi connectivity index (χ0n) is 16.7. The average molecular weight is 379 g/mol. The van der Waals surface area contributed by atoms with Gasteiger partial charge in [-0.1, -0.05) is 18.2 Å². The molecule has 1 saturated heterocycles. The smallest absolute Gasteiger partial charge is 0.323 e. The molecule has 1 saturated carbocycles. The maximum absolute atomic E-state index is 12.7. The molecule has 1 aliphatic heterocycles. The molecule has 27 heavy (non-hydrogen) atoms. The van der Waals surface area contributed by atoms with Crippen molar-refractivity contribution in [2.24, 2.45) is 17.3 Å². The van der Waals surface area contributed by atoms with Gasteiger partial charge in [0, 0.05) is 19.6 Å². The van der Waals surface area contributed by atoms with E-state index in [0.29, 0.717) is 12.8 Å². The number of carbonyl (C=O) groups excluding carboxylic acids is 2. The van der Waals surface area contributed by atoms with Crippen LogP contribution in [0.25, 0.3) is 0 Å². The lowest BCUT2D eigenvalue weighted by molar-refractivity contribution is -0.172. The summed E-state index contributed by atoms with van der Waals surface area (Å²) in [5.41, 5.74) is -1.20. The van der Waals surface area contributed by atoms with E-state index >= 15 is 0 Å². The van der Waals surface area contributed by atoms with Crippen molar-refractivity contribution in [1.82, 2.24) is 4.90 Å². The third kappa shape index (κ3) is 5.42. The van der Waals surface area contributed by atoms with Gasteiger partial charge < -0.3 is 14.2 Å². The molecule has 6 nitrogen and oxygen atoms in total. The van der Waals surface area contributed by atoms with Crippen molar-refractivity contribution in [3.63, 3.8) is 0 Å². The van der Waals surface area contributed by atoms with Crippen LogP contribution in [0, 0.1) is 17.3 Å². The number of carbonyl (C=O) groups is 2. The zero-order chi connectivity index (χ0) is 19.7. The van der Waals surface area contributed by atoms with Crippen molar-refractivity contribution in [2.75, 3.05) is 46.1 Å². The van der Waals surface area contributed by atoms with Crippen LogP contribution in [-0.2, 0) is 23.8 Å². The molecule has 2 aliphatic rings. The second kappa shape index (κ2) is 10.6. The van der Waals surface area contributed by atoms with Crippen LogP contribution in [0.2, 0.25) is 0 Å². The molecule has 0 N–H and O–H groups in total. The van der Waals surface area contributed by atoms with E-state index in [2.05, 4.69) is 23.6 Å². The van der Waals surface area contributed by atoms with E-state index in [0.717, 1.165) is 39.3 Å². The van der Waals surface area contributed by atoms with Gasteiger partial charge in [-0.05, 0) is 44.9 Å². The summed E-state index contributed by atoms with van der Waals surface area (Å²) in [5.74, 6) is -0.613. The monoisotopic (exact) mass is 379 g/mol. The Morgan fingerprint density at radius 3 is 2.33 bits per heavy atom. The van der Waals surface area contributed by atoms with Gasteiger partial charge in [0.05, 0.1) is 26.4 Å². The van der Waals surface area contributed by atoms with Crippen molar-refractivity contribution < 1.29 is 23.8 Å². The van der Waals surface area contributed by atoms with Crippen molar-refractivity contribution in [3.05, 3.63) is 24.8 Å². The molecule has 2 atom stereocenters. The molecule has 0 amide bonds. The number of ether oxygens (including phenoxy) is 3. The van der Waals surface area contributed by atoms with Crippen LogP contribution in [0.5, 0.6) is 0 Å². The molecule has 2 rings (SSSR count). The lowest BCUT2D eigenvalue weighted by atomic mass is 9.84. The molecule has 0 spiro atoms. The Morgan fingerprint density at radius 1 is 1.15 bits per heavy atom. The van der Waals surface area contributed by atoms with Gasteiger partial charge >= 0.3 is 11.9 Å². The van der Waals surface area contributed by atoms with Crippen LogP contribution in [0.3, 0.4) is 0 Å². The van der Waals surface area contributed by atoms with Crippen LogP contribution in [-0.4, -0.2) is 62.9 Å². The van der Waals surface area contributed by atoms with Crippen molar-refractivity contribution in [1.29, 1.82) is 0 Å². The van der Waals surface area contributed by atoms with E-state index in [-0.39, 0.29) is 25.0 Å². The molecule has 0 aromatic heterocycles. The molecule has 6 heteroatoms. The minimum absolute atomic E-state index is 0.123. The summed E-state index contributed by atoms with van der Waals surface area (Å²) >= 11 is 0. The maximum atomic E-state index is 12.7. The van der Waals surface area contributed by atoms with Crippen LogP contribution >= 0.6 is 0 Å². The molecule has 0 aromatic rings. The summed E-state index contributed by atoms with van der Waals surface area (Å²) in [6, 6.07) is 0. The molecule has 0 aromatic carbocycles. The van der Waals surface area contributed by atoms with Crippen molar-refractivity contribution in [2.45, 2.75) is 33.1 Å². The Hall–Kier alpha value is -1.66. The quantitative estimate of drug-likeness (QED) is 0.349. The largest absolute Gasteiger partial charge is 0.465 e. The molecular weight excluding hydrogens is 346 g/mol. The molecule has 2 unspecified atom stereocenters. The topological polar surface area (TPSA) is 65.1 Å². The molecule has 2 fully saturated rings. The zero-order valence-corrected chi connectivity index (χ0v) is 16.7. The van der Waals surface area contributed by atoms with Crippen LogP contribution < -0.4 is 0 Å². The number of nitrogens with zero attached hydrogens (tertiary/aromatic N) is 1. The first kappa shape index (κ1) is 21.6. The number of morpholine rings is 1. The van der Waals surface area contributed by atoms with Gasteiger partial charge in [0.1, 0.15) is 0 Å². The Kier molecular flexibility index (Phi) is 8.51. The normalized spacial score (nSPS) is 25.4. The second-order valence-electron chi connectivity index (χ2n) is 7.22. The molecule has 152 valence electrons. The van der Waals surface area contributed by atoms with Crippen LogP contribution in [0.4, 0.5) is 0 Å². The summed E-state index contributed by atoms with van der Waals surface area (Å²) in [4.78, 5) is 27.7. The molecule has 0 bridgehead atoms. The van der Waals surface area contributed by atoms with Gasteiger partial charge in [0.25, 0.3) is 0 Å². The number of allylic oxidation sites excluding steroid dienone is 2. The van der Waals surface area contributed by atoms with E-state index in [9.17, 15) is 9.59 Å². The second-order valence-corrected chi connectivity index (χ2v) is 7.22. The minimum Gasteiger partial charge on any atom is -0.465 e. The van der Waals surface area contributed by atoms with Crippen molar-refractivity contribution >= 4 is 11.9 Å². The number of hydrogen-bond acceptors (Lipinski definition) is 6. The van der Waals surface area contributed by atoms with Gasteiger partial charge in [-0.3, -0.25) is 14.5 Å². The minimum atomic E-state index is -1.20. The highest BCUT2D eigenvalue weighted by molar-refractivity contribution is 6.00. The summed E-state index contributed by atoms with van der Waals surface area (Å²) in [5, 5.41) is 0. The van der Waals surface area contributed by atoms with E-state index in [4.69, 9.17) is 14.2 Å². The molecule has 1 heterocycles. The maximum Gasteiger partial charge on any atom is 0.323 e. The summed E-state index contributed by atoms with van der Waals surface area (Å²) in [6.45, 7) is 12.1. The van der Waals surface area contributed by atoms with E-state index in [1.807, 2.05) is 6.08 Å². The van der Waals surface area contributed by atoms with Gasteiger partial charge in [-0.2, -0.15) is 0 Å². The summed E-state index contributed by atoms with van der Waals surface area (Å²) in [6.07, 6.45) is 7.81. The first-order valence-electron chi connectivity index (χ1n) is 9.99.